The summed E-state index contributed by atoms with van der Waals surface area (Å²) in [6.45, 7) is 0.922. The van der Waals surface area contributed by atoms with Crippen molar-refractivity contribution >= 4 is 27.9 Å². The molecule has 4 nitrogen and oxygen atoms in total. The fourth-order valence-corrected chi connectivity index (χ4v) is 1.20. The van der Waals surface area contributed by atoms with Gasteiger partial charge in [-0.1, -0.05) is 0 Å². The van der Waals surface area contributed by atoms with Crippen LogP contribution in [-0.2, 0) is 19.1 Å². The lowest BCUT2D eigenvalue weighted by Crippen LogP contribution is -2.61. The Morgan fingerprint density at radius 2 is 1.24 bits per heavy atom. The van der Waals surface area contributed by atoms with Gasteiger partial charge in [0.25, 0.3) is 0 Å². The Bertz CT molecular complexity index is 289. The molecule has 100 valence electrons. The second kappa shape index (κ2) is 4.75. The SMILES string of the molecule is CC(=O)OC(OC(C)=O)(C(F)(F)F)C(F)(F)Br. The Kier molecular flexibility index (Phi) is 4.49. The van der Waals surface area contributed by atoms with E-state index in [1.807, 2.05) is 0 Å². The second-order valence-corrected chi connectivity index (χ2v) is 3.80. The first-order valence-electron chi connectivity index (χ1n) is 3.86. The lowest BCUT2D eigenvalue weighted by Gasteiger charge is -2.35. The average Bonchev–Trinajstić information content (AvgIpc) is 1.96. The number of hydrogen-bond donors (Lipinski definition) is 0. The molecule has 0 spiro atoms. The van der Waals surface area contributed by atoms with Crippen molar-refractivity contribution in [1.29, 1.82) is 0 Å². The van der Waals surface area contributed by atoms with E-state index in [9.17, 15) is 31.5 Å². The normalized spacial score (nSPS) is 13.2. The Labute approximate surface area is 100 Å². The van der Waals surface area contributed by atoms with Crippen molar-refractivity contribution in [3.05, 3.63) is 0 Å². The predicted octanol–water partition coefficient (Wildman–Crippen LogP) is 2.36. The molecule has 0 heterocycles. The van der Waals surface area contributed by atoms with Crippen LogP contribution >= 0.6 is 15.9 Å². The van der Waals surface area contributed by atoms with Gasteiger partial charge in [-0.3, -0.25) is 9.59 Å². The van der Waals surface area contributed by atoms with Gasteiger partial charge in [-0.2, -0.15) is 22.0 Å². The molecule has 10 heteroatoms. The first kappa shape index (κ1) is 16.1. The maximum atomic E-state index is 12.9. The topological polar surface area (TPSA) is 52.6 Å². The average molecular weight is 329 g/mol. The number of esters is 2. The quantitative estimate of drug-likeness (QED) is 0.345. The van der Waals surface area contributed by atoms with E-state index in [4.69, 9.17) is 0 Å². The highest BCUT2D eigenvalue weighted by atomic mass is 79.9. The molecule has 0 saturated heterocycles. The van der Waals surface area contributed by atoms with Gasteiger partial charge >= 0.3 is 28.7 Å². The summed E-state index contributed by atoms with van der Waals surface area (Å²) < 4.78 is 70.3. The molecule has 0 aromatic heterocycles. The number of alkyl halides is 6. The molecule has 17 heavy (non-hydrogen) atoms. The van der Waals surface area contributed by atoms with Crippen LogP contribution in [0.25, 0.3) is 0 Å². The third kappa shape index (κ3) is 3.51. The molecule has 0 radical (unpaired) electrons. The van der Waals surface area contributed by atoms with Crippen molar-refractivity contribution in [2.75, 3.05) is 0 Å². The van der Waals surface area contributed by atoms with Gasteiger partial charge in [-0.15, -0.1) is 0 Å². The summed E-state index contributed by atoms with van der Waals surface area (Å²) in [5.74, 6) is -8.08. The number of hydrogen-bond acceptors (Lipinski definition) is 4. The summed E-state index contributed by atoms with van der Waals surface area (Å²) in [6, 6.07) is 0. The molecule has 0 amide bonds. The van der Waals surface area contributed by atoms with Gasteiger partial charge in [0.1, 0.15) is 0 Å². The highest BCUT2D eigenvalue weighted by Gasteiger charge is 2.76. The Morgan fingerprint density at radius 3 is 1.35 bits per heavy atom. The molecule has 0 rings (SSSR count). The van der Waals surface area contributed by atoms with Crippen LogP contribution in [0, 0.1) is 0 Å². The molecule has 0 N–H and O–H groups in total. The minimum atomic E-state index is -5.82. The van der Waals surface area contributed by atoms with Gasteiger partial charge in [0.05, 0.1) is 0 Å². The van der Waals surface area contributed by atoms with Crippen LogP contribution in [0.15, 0.2) is 0 Å². The van der Waals surface area contributed by atoms with E-state index in [0.717, 1.165) is 0 Å². The number of carbonyl (C=O) groups excluding carboxylic acids is 2. The molecule has 0 saturated carbocycles. The van der Waals surface area contributed by atoms with Crippen LogP contribution in [0.4, 0.5) is 22.0 Å². The highest BCUT2D eigenvalue weighted by Crippen LogP contribution is 2.49. The minimum absolute atomic E-state index is 0.461. The number of rotatable bonds is 3. The molecule has 0 aliphatic heterocycles. The molecule has 0 aliphatic rings. The maximum Gasteiger partial charge on any atom is 0.476 e. The van der Waals surface area contributed by atoms with Crippen LogP contribution < -0.4 is 0 Å². The lowest BCUT2D eigenvalue weighted by atomic mass is 10.2. The zero-order chi connectivity index (χ0) is 14.1. The van der Waals surface area contributed by atoms with E-state index in [0.29, 0.717) is 13.8 Å². The van der Waals surface area contributed by atoms with Gasteiger partial charge in [0, 0.05) is 13.8 Å². The molecule has 0 aliphatic carbocycles. The standard InChI is InChI=1S/C7H6BrF5O4/c1-3(14)16-5(6(8,9)10,7(11,12)13)17-4(2)15/h1-2H3. The Hall–Kier alpha value is -0.930. The monoisotopic (exact) mass is 328 g/mol. The molecular formula is C7H6BrF5O4. The maximum absolute atomic E-state index is 12.9. The Morgan fingerprint density at radius 1 is 0.941 bits per heavy atom. The number of halogens is 6. The number of ether oxygens (including phenoxy) is 2. The van der Waals surface area contributed by atoms with Crippen molar-refractivity contribution in [1.82, 2.24) is 0 Å². The van der Waals surface area contributed by atoms with E-state index >= 15 is 0 Å². The summed E-state index contributed by atoms with van der Waals surface area (Å²) in [6.07, 6.45) is -5.82. The van der Waals surface area contributed by atoms with Crippen LogP contribution in [0.2, 0.25) is 0 Å². The van der Waals surface area contributed by atoms with Crippen LogP contribution in [0.3, 0.4) is 0 Å². The zero-order valence-electron chi connectivity index (χ0n) is 8.40. The van der Waals surface area contributed by atoms with E-state index in [1.54, 1.807) is 0 Å². The lowest BCUT2D eigenvalue weighted by molar-refractivity contribution is -0.393. The fourth-order valence-electron chi connectivity index (χ4n) is 0.818. The largest absolute Gasteiger partial charge is 0.476 e. The predicted molar refractivity (Wildman–Crippen MR) is 46.2 cm³/mol. The fraction of sp³-hybridized carbons (Fsp3) is 0.714. The smallest absolute Gasteiger partial charge is 0.408 e. The van der Waals surface area contributed by atoms with Crippen LogP contribution in [-0.4, -0.2) is 28.7 Å². The van der Waals surface area contributed by atoms with E-state index in [2.05, 4.69) is 9.47 Å². The van der Waals surface area contributed by atoms with E-state index in [-0.39, 0.29) is 0 Å². The summed E-state index contributed by atoms with van der Waals surface area (Å²) in [4.78, 5) is 16.1. The summed E-state index contributed by atoms with van der Waals surface area (Å²) in [5.41, 5.74) is 0. The van der Waals surface area contributed by atoms with Gasteiger partial charge in [-0.05, 0) is 15.9 Å². The Balaban J connectivity index is 5.71. The van der Waals surface area contributed by atoms with Crippen LogP contribution in [0.5, 0.6) is 0 Å². The van der Waals surface area contributed by atoms with Gasteiger partial charge in [0.15, 0.2) is 0 Å². The third-order valence-corrected chi connectivity index (χ3v) is 1.84. The highest BCUT2D eigenvalue weighted by molar-refractivity contribution is 9.10. The molecule has 0 aromatic rings. The summed E-state index contributed by atoms with van der Waals surface area (Å²) >= 11 is 1.39. The van der Waals surface area contributed by atoms with Crippen molar-refractivity contribution in [2.45, 2.75) is 30.6 Å². The first-order valence-corrected chi connectivity index (χ1v) is 4.65. The molecule has 0 aromatic carbocycles. The third-order valence-electron chi connectivity index (χ3n) is 1.32. The van der Waals surface area contributed by atoms with Gasteiger partial charge in [-0.25, -0.2) is 0 Å². The molecule has 0 fully saturated rings. The summed E-state index contributed by atoms with van der Waals surface area (Å²) in [5, 5.41) is 0. The van der Waals surface area contributed by atoms with Crippen LogP contribution in [0.1, 0.15) is 13.8 Å². The molecule has 0 bridgehead atoms. The van der Waals surface area contributed by atoms with E-state index in [1.165, 1.54) is 15.9 Å². The summed E-state index contributed by atoms with van der Waals surface area (Å²) in [7, 11) is 0. The van der Waals surface area contributed by atoms with Crippen molar-refractivity contribution in [2.24, 2.45) is 0 Å². The molecular weight excluding hydrogens is 323 g/mol. The van der Waals surface area contributed by atoms with E-state index < -0.39 is 28.7 Å². The van der Waals surface area contributed by atoms with Crippen molar-refractivity contribution in [3.63, 3.8) is 0 Å². The van der Waals surface area contributed by atoms with Gasteiger partial charge < -0.3 is 9.47 Å². The minimum Gasteiger partial charge on any atom is -0.408 e. The first-order chi connectivity index (χ1) is 7.33. The number of carbonyl (C=O) groups is 2. The molecule has 0 atom stereocenters. The second-order valence-electron chi connectivity index (χ2n) is 2.80. The zero-order valence-corrected chi connectivity index (χ0v) is 9.99. The van der Waals surface area contributed by atoms with Gasteiger partial charge in [0.2, 0.25) is 0 Å². The molecule has 0 unspecified atom stereocenters. The van der Waals surface area contributed by atoms with Crippen molar-refractivity contribution < 1.29 is 41.0 Å². The van der Waals surface area contributed by atoms with Crippen molar-refractivity contribution in [3.8, 4) is 0 Å².